The molecule has 0 aliphatic carbocycles. The second kappa shape index (κ2) is 5.59. The number of aromatic nitrogens is 3. The number of benzene rings is 1. The van der Waals surface area contributed by atoms with E-state index in [9.17, 15) is 0 Å². The highest BCUT2D eigenvalue weighted by Crippen LogP contribution is 2.16. The summed E-state index contributed by atoms with van der Waals surface area (Å²) in [6, 6.07) is 10.9. The van der Waals surface area contributed by atoms with Gasteiger partial charge >= 0.3 is 0 Å². The van der Waals surface area contributed by atoms with E-state index in [1.54, 1.807) is 10.9 Å². The predicted molar refractivity (Wildman–Crippen MR) is 67.3 cm³/mol. The van der Waals surface area contributed by atoms with Crippen molar-refractivity contribution >= 4 is 0 Å². The fourth-order valence-corrected chi connectivity index (χ4v) is 1.88. The predicted octanol–water partition coefficient (Wildman–Crippen LogP) is 2.06. The van der Waals surface area contributed by atoms with Gasteiger partial charge in [0.2, 0.25) is 0 Å². The van der Waals surface area contributed by atoms with Crippen molar-refractivity contribution in [3.63, 3.8) is 0 Å². The monoisotopic (exact) mass is 230 g/mol. The smallest absolute Gasteiger partial charge is 0.0738 e. The zero-order chi connectivity index (χ0) is 12.1. The SMILES string of the molecule is CCC(NCc1cnnn1C)c1ccccc1. The summed E-state index contributed by atoms with van der Waals surface area (Å²) in [6.45, 7) is 2.98. The van der Waals surface area contributed by atoms with E-state index in [1.807, 2.05) is 13.1 Å². The van der Waals surface area contributed by atoms with Gasteiger partial charge in [-0.15, -0.1) is 5.10 Å². The van der Waals surface area contributed by atoms with Crippen LogP contribution in [0.5, 0.6) is 0 Å². The summed E-state index contributed by atoms with van der Waals surface area (Å²) in [7, 11) is 1.91. The maximum Gasteiger partial charge on any atom is 0.0738 e. The minimum absolute atomic E-state index is 0.381. The number of rotatable bonds is 5. The molecule has 0 amide bonds. The minimum Gasteiger partial charge on any atom is -0.304 e. The number of aryl methyl sites for hydroxylation is 1. The van der Waals surface area contributed by atoms with E-state index in [4.69, 9.17) is 0 Å². The summed E-state index contributed by atoms with van der Waals surface area (Å²) < 4.78 is 1.80. The molecule has 1 atom stereocenters. The van der Waals surface area contributed by atoms with Gasteiger partial charge in [0.15, 0.2) is 0 Å². The third-order valence-corrected chi connectivity index (χ3v) is 2.95. The molecule has 0 aliphatic rings. The Balaban J connectivity index is 1.99. The van der Waals surface area contributed by atoms with E-state index in [0.29, 0.717) is 6.04 Å². The first-order chi connectivity index (χ1) is 8.31. The fraction of sp³-hybridized carbons (Fsp3) is 0.385. The van der Waals surface area contributed by atoms with E-state index in [1.165, 1.54) is 5.56 Å². The zero-order valence-corrected chi connectivity index (χ0v) is 10.3. The minimum atomic E-state index is 0.381. The molecule has 4 nitrogen and oxygen atoms in total. The Morgan fingerprint density at radius 1 is 1.29 bits per heavy atom. The van der Waals surface area contributed by atoms with Crippen LogP contribution < -0.4 is 5.32 Å². The van der Waals surface area contributed by atoms with Crippen LogP contribution in [0.1, 0.15) is 30.6 Å². The summed E-state index contributed by atoms with van der Waals surface area (Å²) in [5, 5.41) is 11.3. The van der Waals surface area contributed by atoms with E-state index < -0.39 is 0 Å². The summed E-state index contributed by atoms with van der Waals surface area (Å²) in [5.41, 5.74) is 2.42. The Hall–Kier alpha value is -1.68. The number of nitrogens with zero attached hydrogens (tertiary/aromatic N) is 3. The van der Waals surface area contributed by atoms with Gasteiger partial charge in [0.1, 0.15) is 0 Å². The standard InChI is InChI=1S/C13H18N4/c1-3-13(11-7-5-4-6-8-11)14-9-12-10-15-16-17(12)2/h4-8,10,13-14H,3,9H2,1-2H3. The van der Waals surface area contributed by atoms with Crippen molar-refractivity contribution in [3.05, 3.63) is 47.8 Å². The zero-order valence-electron chi connectivity index (χ0n) is 10.3. The molecule has 0 radical (unpaired) electrons. The van der Waals surface area contributed by atoms with Crippen molar-refractivity contribution in [1.82, 2.24) is 20.3 Å². The van der Waals surface area contributed by atoms with Crippen LogP contribution in [0.15, 0.2) is 36.5 Å². The van der Waals surface area contributed by atoms with Gasteiger partial charge in [-0.05, 0) is 12.0 Å². The molecule has 1 aromatic carbocycles. The van der Waals surface area contributed by atoms with Crippen molar-refractivity contribution < 1.29 is 0 Å². The maximum atomic E-state index is 3.92. The Bertz CT molecular complexity index is 449. The molecule has 17 heavy (non-hydrogen) atoms. The lowest BCUT2D eigenvalue weighted by molar-refractivity contribution is 0.502. The maximum absolute atomic E-state index is 3.92. The van der Waals surface area contributed by atoms with Crippen molar-refractivity contribution in [2.75, 3.05) is 0 Å². The van der Waals surface area contributed by atoms with Crippen LogP contribution in [-0.2, 0) is 13.6 Å². The molecule has 0 fully saturated rings. The third-order valence-electron chi connectivity index (χ3n) is 2.95. The molecule has 2 aromatic rings. The second-order valence-corrected chi connectivity index (χ2v) is 4.10. The van der Waals surface area contributed by atoms with E-state index in [2.05, 4.69) is 46.8 Å². The lowest BCUT2D eigenvalue weighted by Crippen LogP contribution is -2.21. The van der Waals surface area contributed by atoms with Gasteiger partial charge in [-0.3, -0.25) is 4.68 Å². The first-order valence-corrected chi connectivity index (χ1v) is 5.93. The van der Waals surface area contributed by atoms with Crippen molar-refractivity contribution in [2.24, 2.45) is 7.05 Å². The molecular weight excluding hydrogens is 212 g/mol. The van der Waals surface area contributed by atoms with Gasteiger partial charge in [-0.1, -0.05) is 42.5 Å². The molecule has 0 saturated carbocycles. The molecule has 4 heteroatoms. The van der Waals surface area contributed by atoms with Crippen LogP contribution >= 0.6 is 0 Å². The van der Waals surface area contributed by atoms with Crippen LogP contribution in [0.3, 0.4) is 0 Å². The molecule has 90 valence electrons. The summed E-state index contributed by atoms with van der Waals surface area (Å²) in [4.78, 5) is 0. The Kier molecular flexibility index (Phi) is 3.88. The van der Waals surface area contributed by atoms with Gasteiger partial charge < -0.3 is 5.32 Å². The topological polar surface area (TPSA) is 42.7 Å². The quantitative estimate of drug-likeness (QED) is 0.855. The largest absolute Gasteiger partial charge is 0.304 e. The molecule has 0 saturated heterocycles. The number of hydrogen-bond acceptors (Lipinski definition) is 3. The number of nitrogens with one attached hydrogen (secondary N) is 1. The van der Waals surface area contributed by atoms with Gasteiger partial charge in [-0.2, -0.15) is 0 Å². The van der Waals surface area contributed by atoms with E-state index in [0.717, 1.165) is 18.7 Å². The molecule has 2 rings (SSSR count). The molecule has 0 spiro atoms. The summed E-state index contributed by atoms with van der Waals surface area (Å²) in [5.74, 6) is 0. The Labute approximate surface area is 102 Å². The van der Waals surface area contributed by atoms with Crippen LogP contribution in [0.4, 0.5) is 0 Å². The molecular formula is C13H18N4. The molecule has 1 heterocycles. The van der Waals surface area contributed by atoms with Crippen LogP contribution in [0.2, 0.25) is 0 Å². The first-order valence-electron chi connectivity index (χ1n) is 5.93. The molecule has 0 bridgehead atoms. The van der Waals surface area contributed by atoms with Crippen molar-refractivity contribution in [3.8, 4) is 0 Å². The lowest BCUT2D eigenvalue weighted by Gasteiger charge is -2.17. The Morgan fingerprint density at radius 2 is 2.06 bits per heavy atom. The third kappa shape index (κ3) is 2.91. The van der Waals surface area contributed by atoms with Crippen LogP contribution in [0.25, 0.3) is 0 Å². The highest BCUT2D eigenvalue weighted by molar-refractivity contribution is 5.18. The molecule has 1 aromatic heterocycles. The Morgan fingerprint density at radius 3 is 2.65 bits per heavy atom. The fourth-order valence-electron chi connectivity index (χ4n) is 1.88. The number of hydrogen-bond donors (Lipinski definition) is 1. The average Bonchev–Trinajstić information content (AvgIpc) is 2.77. The molecule has 1 N–H and O–H groups in total. The highest BCUT2D eigenvalue weighted by atomic mass is 15.4. The van der Waals surface area contributed by atoms with Crippen molar-refractivity contribution in [2.45, 2.75) is 25.9 Å². The highest BCUT2D eigenvalue weighted by Gasteiger charge is 2.09. The second-order valence-electron chi connectivity index (χ2n) is 4.10. The van der Waals surface area contributed by atoms with Gasteiger partial charge in [0, 0.05) is 19.6 Å². The average molecular weight is 230 g/mol. The summed E-state index contributed by atoms with van der Waals surface area (Å²) in [6.07, 6.45) is 2.86. The molecule has 1 unspecified atom stereocenters. The normalized spacial score (nSPS) is 12.6. The first kappa shape index (κ1) is 11.8. The van der Waals surface area contributed by atoms with Crippen molar-refractivity contribution in [1.29, 1.82) is 0 Å². The molecule has 0 aliphatic heterocycles. The van der Waals surface area contributed by atoms with Gasteiger partial charge in [0.05, 0.1) is 11.9 Å². The van der Waals surface area contributed by atoms with E-state index >= 15 is 0 Å². The van der Waals surface area contributed by atoms with Gasteiger partial charge in [-0.25, -0.2) is 0 Å². The van der Waals surface area contributed by atoms with E-state index in [-0.39, 0.29) is 0 Å². The van der Waals surface area contributed by atoms with Crippen LogP contribution in [0, 0.1) is 0 Å². The summed E-state index contributed by atoms with van der Waals surface area (Å²) >= 11 is 0. The van der Waals surface area contributed by atoms with Gasteiger partial charge in [0.25, 0.3) is 0 Å². The lowest BCUT2D eigenvalue weighted by atomic mass is 10.0. The van der Waals surface area contributed by atoms with Crippen LogP contribution in [-0.4, -0.2) is 15.0 Å².